The van der Waals surface area contributed by atoms with E-state index in [0.29, 0.717) is 18.4 Å². The lowest BCUT2D eigenvalue weighted by molar-refractivity contribution is -0.149. The van der Waals surface area contributed by atoms with Gasteiger partial charge in [0.15, 0.2) is 12.4 Å². The third-order valence-corrected chi connectivity index (χ3v) is 5.27. The van der Waals surface area contributed by atoms with Crippen LogP contribution in [-0.2, 0) is 14.9 Å². The summed E-state index contributed by atoms with van der Waals surface area (Å²) in [5.41, 5.74) is 0.485. The average Bonchev–Trinajstić information content (AvgIpc) is 3.11. The van der Waals surface area contributed by atoms with E-state index in [-0.39, 0.29) is 18.2 Å². The second-order valence-corrected chi connectivity index (χ2v) is 7.22. The maximum Gasteiger partial charge on any atom is 0.317 e. The maximum atomic E-state index is 13.2. The van der Waals surface area contributed by atoms with E-state index < -0.39 is 11.4 Å². The summed E-state index contributed by atoms with van der Waals surface area (Å²) < 4.78 is 19.4. The lowest BCUT2D eigenvalue weighted by Crippen LogP contribution is -2.35. The minimum atomic E-state index is -0.770. The smallest absolute Gasteiger partial charge is 0.317 e. The molecule has 3 rings (SSSR count). The van der Waals surface area contributed by atoms with Crippen LogP contribution in [0.4, 0.5) is 4.39 Å². The number of ether oxygens (including phenoxy) is 1. The molecule has 1 fully saturated rings. The van der Waals surface area contributed by atoms with Gasteiger partial charge < -0.3 is 4.74 Å². The van der Waals surface area contributed by atoms with Gasteiger partial charge in [-0.3, -0.25) is 9.59 Å². The molecular formula is C20H18BrFO3. The fraction of sp³-hybridized carbons (Fsp3) is 0.300. The van der Waals surface area contributed by atoms with Crippen LogP contribution in [0.1, 0.15) is 41.6 Å². The summed E-state index contributed by atoms with van der Waals surface area (Å²) in [6.45, 7) is -0.288. The molecule has 1 saturated carbocycles. The van der Waals surface area contributed by atoms with Crippen LogP contribution in [0.25, 0.3) is 0 Å². The summed E-state index contributed by atoms with van der Waals surface area (Å²) in [6.07, 6.45) is 3.13. The first kappa shape index (κ1) is 17.8. The van der Waals surface area contributed by atoms with Crippen molar-refractivity contribution in [2.45, 2.75) is 31.1 Å². The number of Topliss-reactive ketones (excluding diaryl/α,β-unsaturated/α-hetero) is 1. The van der Waals surface area contributed by atoms with Gasteiger partial charge in [0, 0.05) is 10.0 Å². The molecule has 2 aromatic carbocycles. The topological polar surface area (TPSA) is 43.4 Å². The Bertz CT molecular complexity index is 763. The van der Waals surface area contributed by atoms with Crippen LogP contribution < -0.4 is 0 Å². The fourth-order valence-electron chi connectivity index (χ4n) is 3.35. The third kappa shape index (κ3) is 3.82. The van der Waals surface area contributed by atoms with Gasteiger partial charge in [-0.15, -0.1) is 0 Å². The lowest BCUT2D eigenvalue weighted by Gasteiger charge is -2.27. The zero-order valence-electron chi connectivity index (χ0n) is 13.6. The van der Waals surface area contributed by atoms with Gasteiger partial charge in [-0.1, -0.05) is 53.0 Å². The molecule has 0 N–H and O–H groups in total. The van der Waals surface area contributed by atoms with E-state index in [0.717, 1.165) is 22.9 Å². The third-order valence-electron chi connectivity index (χ3n) is 4.75. The molecule has 0 amide bonds. The van der Waals surface area contributed by atoms with Gasteiger partial charge in [0.1, 0.15) is 5.82 Å². The largest absolute Gasteiger partial charge is 0.457 e. The molecule has 0 saturated heterocycles. The molecule has 3 nitrogen and oxygen atoms in total. The van der Waals surface area contributed by atoms with E-state index >= 15 is 0 Å². The Hall–Kier alpha value is -2.01. The Morgan fingerprint density at radius 3 is 2.20 bits per heavy atom. The van der Waals surface area contributed by atoms with Crippen LogP contribution in [0, 0.1) is 5.82 Å². The van der Waals surface area contributed by atoms with Crippen LogP contribution >= 0.6 is 15.9 Å². The Morgan fingerprint density at radius 2 is 1.60 bits per heavy atom. The van der Waals surface area contributed by atoms with Crippen LogP contribution in [0.15, 0.2) is 53.0 Å². The molecule has 0 spiro atoms. The van der Waals surface area contributed by atoms with Gasteiger partial charge in [-0.25, -0.2) is 4.39 Å². The maximum absolute atomic E-state index is 13.2. The van der Waals surface area contributed by atoms with Crippen LogP contribution in [-0.4, -0.2) is 18.4 Å². The quantitative estimate of drug-likeness (QED) is 0.529. The van der Waals surface area contributed by atoms with E-state index in [1.54, 1.807) is 36.4 Å². The standard InChI is InChI=1S/C20H18BrFO3/c21-16-7-3-14(4-8-16)18(23)13-25-19(24)20(11-1-2-12-20)15-5-9-17(22)10-6-15/h3-10H,1-2,11-13H2. The van der Waals surface area contributed by atoms with Crippen molar-refractivity contribution in [3.63, 3.8) is 0 Å². The van der Waals surface area contributed by atoms with Gasteiger partial charge in [-0.2, -0.15) is 0 Å². The van der Waals surface area contributed by atoms with Crippen LogP contribution in [0.2, 0.25) is 0 Å². The van der Waals surface area contributed by atoms with Gasteiger partial charge >= 0.3 is 5.97 Å². The molecule has 0 aromatic heterocycles. The lowest BCUT2D eigenvalue weighted by atomic mass is 9.79. The number of halogens is 2. The number of carbonyl (C=O) groups excluding carboxylic acids is 2. The van der Waals surface area contributed by atoms with Crippen molar-refractivity contribution in [1.29, 1.82) is 0 Å². The first-order valence-corrected chi connectivity index (χ1v) is 9.03. The normalized spacial score (nSPS) is 15.8. The number of rotatable bonds is 5. The number of esters is 1. The summed E-state index contributed by atoms with van der Waals surface area (Å²) >= 11 is 3.32. The summed E-state index contributed by atoms with van der Waals surface area (Å²) in [6, 6.07) is 12.9. The van der Waals surface area contributed by atoms with Crippen molar-refractivity contribution in [2.24, 2.45) is 0 Å². The highest BCUT2D eigenvalue weighted by Crippen LogP contribution is 2.42. The van der Waals surface area contributed by atoms with E-state index in [1.807, 2.05) is 0 Å². The molecule has 130 valence electrons. The van der Waals surface area contributed by atoms with Crippen LogP contribution in [0.5, 0.6) is 0 Å². The van der Waals surface area contributed by atoms with Crippen LogP contribution in [0.3, 0.4) is 0 Å². The second kappa shape index (κ2) is 7.48. The number of hydrogen-bond acceptors (Lipinski definition) is 3. The summed E-state index contributed by atoms with van der Waals surface area (Å²) in [5, 5.41) is 0. The molecule has 5 heteroatoms. The van der Waals surface area contributed by atoms with Crippen molar-refractivity contribution >= 4 is 27.7 Å². The molecule has 2 aromatic rings. The number of carbonyl (C=O) groups is 2. The SMILES string of the molecule is O=C(COC(=O)C1(c2ccc(F)cc2)CCCC1)c1ccc(Br)cc1. The van der Waals surface area contributed by atoms with E-state index in [1.165, 1.54) is 12.1 Å². The minimum Gasteiger partial charge on any atom is -0.457 e. The predicted molar refractivity (Wildman–Crippen MR) is 96.0 cm³/mol. The summed E-state index contributed by atoms with van der Waals surface area (Å²) in [4.78, 5) is 25.0. The zero-order chi connectivity index (χ0) is 17.9. The van der Waals surface area contributed by atoms with Crippen molar-refractivity contribution in [3.05, 3.63) is 69.9 Å². The van der Waals surface area contributed by atoms with E-state index in [2.05, 4.69) is 15.9 Å². The average molecular weight is 405 g/mol. The van der Waals surface area contributed by atoms with Crippen molar-refractivity contribution in [2.75, 3.05) is 6.61 Å². The molecule has 0 unspecified atom stereocenters. The summed E-state index contributed by atoms with van der Waals surface area (Å²) in [7, 11) is 0. The van der Waals surface area contributed by atoms with Crippen molar-refractivity contribution in [3.8, 4) is 0 Å². The molecule has 0 aliphatic heterocycles. The Morgan fingerprint density at radius 1 is 1.00 bits per heavy atom. The monoisotopic (exact) mass is 404 g/mol. The second-order valence-electron chi connectivity index (χ2n) is 6.30. The predicted octanol–water partition coefficient (Wildman–Crippen LogP) is 4.83. The fourth-order valence-corrected chi connectivity index (χ4v) is 3.61. The zero-order valence-corrected chi connectivity index (χ0v) is 15.2. The highest BCUT2D eigenvalue weighted by Gasteiger charge is 2.44. The Labute approximate surface area is 154 Å². The van der Waals surface area contributed by atoms with E-state index in [4.69, 9.17) is 4.74 Å². The van der Waals surface area contributed by atoms with Crippen molar-refractivity contribution in [1.82, 2.24) is 0 Å². The molecule has 0 heterocycles. The minimum absolute atomic E-state index is 0.242. The Kier molecular flexibility index (Phi) is 5.33. The van der Waals surface area contributed by atoms with Crippen molar-refractivity contribution < 1.29 is 18.7 Å². The molecule has 1 aliphatic rings. The molecule has 0 radical (unpaired) electrons. The Balaban J connectivity index is 1.72. The first-order chi connectivity index (χ1) is 12.0. The first-order valence-electron chi connectivity index (χ1n) is 8.23. The van der Waals surface area contributed by atoms with Gasteiger partial charge in [0.05, 0.1) is 5.41 Å². The van der Waals surface area contributed by atoms with Gasteiger partial charge in [0.2, 0.25) is 0 Å². The molecule has 0 bridgehead atoms. The molecule has 1 aliphatic carbocycles. The molecular weight excluding hydrogens is 387 g/mol. The summed E-state index contributed by atoms with van der Waals surface area (Å²) in [5.74, 6) is -0.981. The highest BCUT2D eigenvalue weighted by atomic mass is 79.9. The highest BCUT2D eigenvalue weighted by molar-refractivity contribution is 9.10. The van der Waals surface area contributed by atoms with E-state index in [9.17, 15) is 14.0 Å². The number of ketones is 1. The van der Waals surface area contributed by atoms with Gasteiger partial charge in [0.25, 0.3) is 0 Å². The molecule has 0 atom stereocenters. The number of benzene rings is 2. The number of hydrogen-bond donors (Lipinski definition) is 0. The van der Waals surface area contributed by atoms with Gasteiger partial charge in [-0.05, 0) is 42.7 Å². The molecule has 25 heavy (non-hydrogen) atoms.